The van der Waals surface area contributed by atoms with Crippen molar-refractivity contribution in [2.24, 2.45) is 5.92 Å². The summed E-state index contributed by atoms with van der Waals surface area (Å²) >= 11 is 1.33. The number of hydrogen-bond acceptors (Lipinski definition) is 2. The molecule has 0 fully saturated rings. The van der Waals surface area contributed by atoms with Gasteiger partial charge in [-0.3, -0.25) is 4.79 Å². The van der Waals surface area contributed by atoms with Crippen molar-refractivity contribution >= 4 is 17.2 Å². The van der Waals surface area contributed by atoms with Crippen LogP contribution in [0.5, 0.6) is 0 Å². The number of carbonyl (C=O) groups excluding carboxylic acids is 1. The van der Waals surface area contributed by atoms with E-state index in [1.165, 1.54) is 11.3 Å². The highest BCUT2D eigenvalue weighted by Gasteiger charge is 2.40. The number of rotatable bonds is 3. The van der Waals surface area contributed by atoms with Crippen LogP contribution in [0.2, 0.25) is 0 Å². The predicted octanol–water partition coefficient (Wildman–Crippen LogP) is 3.12. The topological polar surface area (TPSA) is 29.1 Å². The first-order chi connectivity index (χ1) is 7.32. The third-order valence-corrected chi connectivity index (χ3v) is 3.02. The third kappa shape index (κ3) is 3.23. The predicted molar refractivity (Wildman–Crippen MR) is 56.1 cm³/mol. The first-order valence-electron chi connectivity index (χ1n) is 4.73. The van der Waals surface area contributed by atoms with E-state index in [9.17, 15) is 18.0 Å². The fraction of sp³-hybridized carbons (Fsp3) is 0.500. The summed E-state index contributed by atoms with van der Waals surface area (Å²) in [5.74, 6) is -1.98. The van der Waals surface area contributed by atoms with E-state index in [0.29, 0.717) is 0 Å². The van der Waals surface area contributed by atoms with E-state index in [2.05, 4.69) is 0 Å². The van der Waals surface area contributed by atoms with E-state index < -0.39 is 18.1 Å². The van der Waals surface area contributed by atoms with Gasteiger partial charge in [-0.1, -0.05) is 19.9 Å². The van der Waals surface area contributed by atoms with Crippen LogP contribution in [0.3, 0.4) is 0 Å². The van der Waals surface area contributed by atoms with Gasteiger partial charge in [-0.05, 0) is 17.4 Å². The van der Waals surface area contributed by atoms with Crippen molar-refractivity contribution in [2.75, 3.05) is 0 Å². The third-order valence-electron chi connectivity index (χ3n) is 2.06. The molecule has 1 heterocycles. The van der Waals surface area contributed by atoms with Gasteiger partial charge in [-0.25, -0.2) is 0 Å². The Morgan fingerprint density at radius 2 is 2.06 bits per heavy atom. The molecule has 1 aromatic heterocycles. The van der Waals surface area contributed by atoms with E-state index >= 15 is 0 Å². The SMILES string of the molecule is CC(C)C(NC(=O)C(F)(F)F)c1cccs1. The molecule has 1 N–H and O–H groups in total. The maximum absolute atomic E-state index is 12.1. The molecule has 6 heteroatoms. The molecular formula is C10H12F3NOS. The van der Waals surface area contributed by atoms with Gasteiger partial charge in [0.2, 0.25) is 0 Å². The summed E-state index contributed by atoms with van der Waals surface area (Å²) in [5.41, 5.74) is 0. The molecule has 1 rings (SSSR count). The standard InChI is InChI=1S/C10H12F3NOS/c1-6(2)8(7-4-3-5-16-7)14-9(15)10(11,12)13/h3-6,8H,1-2H3,(H,14,15). The molecule has 90 valence electrons. The molecule has 1 aromatic rings. The second-order valence-electron chi connectivity index (χ2n) is 3.71. The summed E-state index contributed by atoms with van der Waals surface area (Å²) in [7, 11) is 0. The Morgan fingerprint density at radius 3 is 2.44 bits per heavy atom. The summed E-state index contributed by atoms with van der Waals surface area (Å²) in [6.45, 7) is 3.53. The van der Waals surface area contributed by atoms with E-state index in [4.69, 9.17) is 0 Å². The summed E-state index contributed by atoms with van der Waals surface area (Å²) in [6.07, 6.45) is -4.83. The summed E-state index contributed by atoms with van der Waals surface area (Å²) in [6, 6.07) is 2.87. The van der Waals surface area contributed by atoms with Crippen molar-refractivity contribution in [3.05, 3.63) is 22.4 Å². The largest absolute Gasteiger partial charge is 0.471 e. The Kier molecular flexibility index (Phi) is 3.96. The van der Waals surface area contributed by atoms with Gasteiger partial charge < -0.3 is 5.32 Å². The van der Waals surface area contributed by atoms with Crippen LogP contribution in [0, 0.1) is 5.92 Å². The summed E-state index contributed by atoms with van der Waals surface area (Å²) < 4.78 is 36.3. The lowest BCUT2D eigenvalue weighted by molar-refractivity contribution is -0.174. The number of hydrogen-bond donors (Lipinski definition) is 1. The van der Waals surface area contributed by atoms with Crippen LogP contribution in [0.4, 0.5) is 13.2 Å². The maximum Gasteiger partial charge on any atom is 0.471 e. The van der Waals surface area contributed by atoms with Gasteiger partial charge in [-0.15, -0.1) is 11.3 Å². The van der Waals surface area contributed by atoms with Crippen molar-refractivity contribution in [3.8, 4) is 0 Å². The van der Waals surface area contributed by atoms with Crippen molar-refractivity contribution in [1.29, 1.82) is 0 Å². The van der Waals surface area contributed by atoms with Gasteiger partial charge >= 0.3 is 12.1 Å². The lowest BCUT2D eigenvalue weighted by atomic mass is 10.0. The van der Waals surface area contributed by atoms with Crippen molar-refractivity contribution < 1.29 is 18.0 Å². The van der Waals surface area contributed by atoms with Crippen LogP contribution in [0.1, 0.15) is 24.8 Å². The highest BCUT2D eigenvalue weighted by atomic mass is 32.1. The van der Waals surface area contributed by atoms with Gasteiger partial charge in [0.15, 0.2) is 0 Å². The van der Waals surface area contributed by atoms with Crippen LogP contribution in [0.25, 0.3) is 0 Å². The molecular weight excluding hydrogens is 239 g/mol. The number of amides is 1. The second kappa shape index (κ2) is 4.86. The van der Waals surface area contributed by atoms with Crippen LogP contribution in [0.15, 0.2) is 17.5 Å². The second-order valence-corrected chi connectivity index (χ2v) is 4.69. The molecule has 0 aliphatic carbocycles. The molecule has 0 saturated carbocycles. The lowest BCUT2D eigenvalue weighted by Crippen LogP contribution is -2.40. The monoisotopic (exact) mass is 251 g/mol. The molecule has 0 aliphatic rings. The first-order valence-corrected chi connectivity index (χ1v) is 5.61. The molecule has 1 unspecified atom stereocenters. The minimum atomic E-state index is -4.83. The highest BCUT2D eigenvalue weighted by molar-refractivity contribution is 7.10. The summed E-state index contributed by atoms with van der Waals surface area (Å²) in [5, 5.41) is 3.77. The molecule has 0 aliphatic heterocycles. The highest BCUT2D eigenvalue weighted by Crippen LogP contribution is 2.27. The van der Waals surface area contributed by atoms with Gasteiger partial charge in [0, 0.05) is 4.88 Å². The van der Waals surface area contributed by atoms with Crippen molar-refractivity contribution in [3.63, 3.8) is 0 Å². The van der Waals surface area contributed by atoms with Crippen LogP contribution >= 0.6 is 11.3 Å². The molecule has 0 aromatic carbocycles. The minimum Gasteiger partial charge on any atom is -0.340 e. The zero-order valence-electron chi connectivity index (χ0n) is 8.84. The van der Waals surface area contributed by atoms with Crippen molar-refractivity contribution in [2.45, 2.75) is 26.1 Å². The Balaban J connectivity index is 2.78. The Bertz CT molecular complexity index is 345. The average molecular weight is 251 g/mol. The van der Waals surface area contributed by atoms with Crippen molar-refractivity contribution in [1.82, 2.24) is 5.32 Å². The van der Waals surface area contributed by atoms with E-state index in [-0.39, 0.29) is 5.92 Å². The van der Waals surface area contributed by atoms with E-state index in [1.807, 2.05) is 5.32 Å². The molecule has 16 heavy (non-hydrogen) atoms. The summed E-state index contributed by atoms with van der Waals surface area (Å²) in [4.78, 5) is 11.6. The smallest absolute Gasteiger partial charge is 0.340 e. The minimum absolute atomic E-state index is 0.0926. The van der Waals surface area contributed by atoms with Crippen LogP contribution in [-0.4, -0.2) is 12.1 Å². The maximum atomic E-state index is 12.1. The van der Waals surface area contributed by atoms with Gasteiger partial charge in [0.25, 0.3) is 0 Å². The Morgan fingerprint density at radius 1 is 1.44 bits per heavy atom. The number of alkyl halides is 3. The fourth-order valence-corrected chi connectivity index (χ4v) is 2.21. The number of nitrogens with one attached hydrogen (secondary N) is 1. The van der Waals surface area contributed by atoms with E-state index in [1.54, 1.807) is 31.4 Å². The van der Waals surface area contributed by atoms with Crippen LogP contribution in [-0.2, 0) is 4.79 Å². The number of thiophene rings is 1. The average Bonchev–Trinajstić information content (AvgIpc) is 2.63. The first kappa shape index (κ1) is 13.0. The fourth-order valence-electron chi connectivity index (χ4n) is 1.26. The molecule has 0 spiro atoms. The zero-order valence-corrected chi connectivity index (χ0v) is 9.65. The molecule has 0 bridgehead atoms. The lowest BCUT2D eigenvalue weighted by Gasteiger charge is -2.21. The van der Waals surface area contributed by atoms with Gasteiger partial charge in [0.05, 0.1) is 6.04 Å². The molecule has 2 nitrogen and oxygen atoms in total. The zero-order chi connectivity index (χ0) is 12.3. The van der Waals surface area contributed by atoms with E-state index in [0.717, 1.165) is 4.88 Å². The van der Waals surface area contributed by atoms with Gasteiger partial charge in [0.1, 0.15) is 0 Å². The molecule has 0 radical (unpaired) electrons. The number of halogens is 3. The van der Waals surface area contributed by atoms with Gasteiger partial charge in [-0.2, -0.15) is 13.2 Å². The Hall–Kier alpha value is -1.04. The quantitative estimate of drug-likeness (QED) is 0.878. The molecule has 1 amide bonds. The molecule has 1 atom stereocenters. The molecule has 0 saturated heterocycles. The van der Waals surface area contributed by atoms with Crippen LogP contribution < -0.4 is 5.32 Å². The Labute approximate surface area is 95.5 Å². The normalized spacial score (nSPS) is 13.9. The number of carbonyl (C=O) groups is 1.